The molecule has 3 nitrogen and oxygen atoms in total. The Balaban J connectivity index is 2.55. The Hall–Kier alpha value is -0.570. The van der Waals surface area contributed by atoms with Crippen LogP contribution in [-0.4, -0.2) is 18.4 Å². The van der Waals surface area contributed by atoms with Gasteiger partial charge >= 0.3 is 5.97 Å². The number of carbonyl (C=O) groups excluding carboxylic acids is 1. The Morgan fingerprint density at radius 2 is 1.79 bits per heavy atom. The second-order valence-electron chi connectivity index (χ2n) is 6.65. The first-order chi connectivity index (χ1) is 8.86. The number of hydrogen-bond donors (Lipinski definition) is 0. The van der Waals surface area contributed by atoms with Crippen molar-refractivity contribution in [2.45, 2.75) is 85.5 Å². The first-order valence-corrected chi connectivity index (χ1v) is 7.73. The smallest absolute Gasteiger partial charge is 0.313 e. The summed E-state index contributed by atoms with van der Waals surface area (Å²) in [4.78, 5) is 12.2. The van der Waals surface area contributed by atoms with Crippen molar-refractivity contribution in [3.8, 4) is 0 Å². The molecular weight excluding hydrogens is 240 g/mol. The summed E-state index contributed by atoms with van der Waals surface area (Å²) in [6.45, 7) is 9.94. The predicted molar refractivity (Wildman–Crippen MR) is 76.7 cm³/mol. The molecule has 0 radical (unpaired) electrons. The van der Waals surface area contributed by atoms with Crippen LogP contribution in [0.5, 0.6) is 0 Å². The number of esters is 1. The minimum Gasteiger partial charge on any atom is -0.435 e. The van der Waals surface area contributed by atoms with Crippen molar-refractivity contribution < 1.29 is 14.3 Å². The van der Waals surface area contributed by atoms with Gasteiger partial charge in [-0.15, -0.1) is 0 Å². The molecule has 1 fully saturated rings. The molecule has 1 aliphatic carbocycles. The van der Waals surface area contributed by atoms with Gasteiger partial charge in [0.05, 0.1) is 11.5 Å². The highest BCUT2D eigenvalue weighted by Crippen LogP contribution is 2.27. The number of hydrogen-bond acceptors (Lipinski definition) is 3. The van der Waals surface area contributed by atoms with Crippen LogP contribution in [0, 0.1) is 11.3 Å². The van der Waals surface area contributed by atoms with Crippen LogP contribution in [0.15, 0.2) is 0 Å². The first kappa shape index (κ1) is 16.5. The molecule has 0 spiro atoms. The van der Waals surface area contributed by atoms with E-state index in [2.05, 4.69) is 0 Å². The van der Waals surface area contributed by atoms with E-state index in [9.17, 15) is 4.79 Å². The van der Waals surface area contributed by atoms with Gasteiger partial charge in [-0.1, -0.05) is 40.0 Å². The second-order valence-corrected chi connectivity index (χ2v) is 6.65. The highest BCUT2D eigenvalue weighted by atomic mass is 16.7. The molecule has 0 aromatic heterocycles. The molecule has 112 valence electrons. The zero-order valence-corrected chi connectivity index (χ0v) is 13.2. The zero-order valence-electron chi connectivity index (χ0n) is 13.2. The monoisotopic (exact) mass is 270 g/mol. The van der Waals surface area contributed by atoms with Gasteiger partial charge in [0.2, 0.25) is 6.29 Å². The summed E-state index contributed by atoms with van der Waals surface area (Å²) in [6.07, 6.45) is 6.58. The molecule has 0 N–H and O–H groups in total. The summed E-state index contributed by atoms with van der Waals surface area (Å²) >= 11 is 0. The molecule has 0 heterocycles. The van der Waals surface area contributed by atoms with E-state index >= 15 is 0 Å². The van der Waals surface area contributed by atoms with Gasteiger partial charge < -0.3 is 9.47 Å². The number of ether oxygens (including phenoxy) is 2. The molecule has 0 aromatic carbocycles. The van der Waals surface area contributed by atoms with Crippen LogP contribution < -0.4 is 0 Å². The summed E-state index contributed by atoms with van der Waals surface area (Å²) in [5.74, 6) is 0.0445. The van der Waals surface area contributed by atoms with Gasteiger partial charge in [-0.05, 0) is 33.1 Å². The van der Waals surface area contributed by atoms with Crippen LogP contribution in [0.25, 0.3) is 0 Å². The molecule has 1 rings (SSSR count). The van der Waals surface area contributed by atoms with E-state index in [4.69, 9.17) is 9.47 Å². The van der Waals surface area contributed by atoms with Crippen molar-refractivity contribution in [1.29, 1.82) is 0 Å². The van der Waals surface area contributed by atoms with Gasteiger partial charge in [-0.2, -0.15) is 0 Å². The maximum Gasteiger partial charge on any atom is 0.313 e. The van der Waals surface area contributed by atoms with E-state index in [1.165, 1.54) is 19.3 Å². The Bertz CT molecular complexity index is 278. The Morgan fingerprint density at radius 3 is 2.26 bits per heavy atom. The molecule has 0 aromatic rings. The van der Waals surface area contributed by atoms with Crippen molar-refractivity contribution in [3.05, 3.63) is 0 Å². The summed E-state index contributed by atoms with van der Waals surface area (Å²) in [5.41, 5.74) is -0.428. The van der Waals surface area contributed by atoms with E-state index < -0.39 is 11.7 Å². The van der Waals surface area contributed by atoms with Gasteiger partial charge in [-0.3, -0.25) is 4.79 Å². The minimum atomic E-state index is -0.428. The lowest BCUT2D eigenvalue weighted by molar-refractivity contribution is -0.212. The average molecular weight is 270 g/mol. The van der Waals surface area contributed by atoms with Crippen LogP contribution in [0.3, 0.4) is 0 Å². The van der Waals surface area contributed by atoms with Crippen molar-refractivity contribution in [2.24, 2.45) is 11.3 Å². The molecule has 0 amide bonds. The van der Waals surface area contributed by atoms with E-state index in [0.717, 1.165) is 19.3 Å². The fourth-order valence-electron chi connectivity index (χ4n) is 2.12. The lowest BCUT2D eigenvalue weighted by Crippen LogP contribution is -2.36. The van der Waals surface area contributed by atoms with Gasteiger partial charge in [0.1, 0.15) is 0 Å². The van der Waals surface area contributed by atoms with Crippen LogP contribution in [0.4, 0.5) is 0 Å². The minimum absolute atomic E-state index is 0.149. The summed E-state index contributed by atoms with van der Waals surface area (Å²) in [7, 11) is 0. The largest absolute Gasteiger partial charge is 0.435 e. The highest BCUT2D eigenvalue weighted by molar-refractivity contribution is 5.75. The molecule has 3 heteroatoms. The van der Waals surface area contributed by atoms with E-state index in [-0.39, 0.29) is 18.0 Å². The molecule has 1 aliphatic rings. The van der Waals surface area contributed by atoms with Gasteiger partial charge in [-0.25, -0.2) is 0 Å². The van der Waals surface area contributed by atoms with Crippen LogP contribution in [-0.2, 0) is 14.3 Å². The standard InChI is InChI=1S/C16H30O3/c1-6-16(4,5)15(17)19-14(12(2)3)18-13-10-8-7-9-11-13/h12-14H,6-11H2,1-5H3. The van der Waals surface area contributed by atoms with Gasteiger partial charge in [0.25, 0.3) is 0 Å². The Labute approximate surface area is 118 Å². The molecule has 0 aliphatic heterocycles. The molecule has 19 heavy (non-hydrogen) atoms. The molecule has 0 bridgehead atoms. The van der Waals surface area contributed by atoms with E-state index in [0.29, 0.717) is 0 Å². The van der Waals surface area contributed by atoms with E-state index in [1.54, 1.807) is 0 Å². The van der Waals surface area contributed by atoms with Crippen molar-refractivity contribution in [2.75, 3.05) is 0 Å². The lowest BCUT2D eigenvalue weighted by Gasteiger charge is -2.31. The Kier molecular flexibility index (Phi) is 6.31. The van der Waals surface area contributed by atoms with Crippen molar-refractivity contribution >= 4 is 5.97 Å². The topological polar surface area (TPSA) is 35.5 Å². The lowest BCUT2D eigenvalue weighted by atomic mass is 9.90. The second kappa shape index (κ2) is 7.28. The maximum atomic E-state index is 12.2. The average Bonchev–Trinajstić information content (AvgIpc) is 2.38. The van der Waals surface area contributed by atoms with Crippen LogP contribution >= 0.6 is 0 Å². The van der Waals surface area contributed by atoms with Gasteiger partial charge in [0.15, 0.2) is 0 Å². The SMILES string of the molecule is CCC(C)(C)C(=O)OC(OC1CCCCC1)C(C)C. The fourth-order valence-corrected chi connectivity index (χ4v) is 2.12. The quantitative estimate of drug-likeness (QED) is 0.533. The molecular formula is C16H30O3. The van der Waals surface area contributed by atoms with Crippen LogP contribution in [0.2, 0.25) is 0 Å². The molecule has 1 atom stereocenters. The molecule has 1 unspecified atom stereocenters. The normalized spacial score (nSPS) is 19.5. The Morgan fingerprint density at radius 1 is 1.21 bits per heavy atom. The van der Waals surface area contributed by atoms with Gasteiger partial charge in [0, 0.05) is 5.92 Å². The highest BCUT2D eigenvalue weighted by Gasteiger charge is 2.32. The van der Waals surface area contributed by atoms with Crippen molar-refractivity contribution in [3.63, 3.8) is 0 Å². The zero-order chi connectivity index (χ0) is 14.5. The predicted octanol–water partition coefficient (Wildman–Crippen LogP) is 4.30. The fraction of sp³-hybridized carbons (Fsp3) is 0.938. The molecule has 1 saturated carbocycles. The third kappa shape index (κ3) is 5.13. The summed E-state index contributed by atoms with van der Waals surface area (Å²) < 4.78 is 11.6. The summed E-state index contributed by atoms with van der Waals surface area (Å²) in [6, 6.07) is 0. The third-order valence-electron chi connectivity index (χ3n) is 4.08. The number of rotatable bonds is 6. The third-order valence-corrected chi connectivity index (χ3v) is 4.08. The van der Waals surface area contributed by atoms with Crippen molar-refractivity contribution in [1.82, 2.24) is 0 Å². The summed E-state index contributed by atoms with van der Waals surface area (Å²) in [5, 5.41) is 0. The van der Waals surface area contributed by atoms with E-state index in [1.807, 2.05) is 34.6 Å². The molecule has 0 saturated heterocycles. The van der Waals surface area contributed by atoms with Crippen LogP contribution in [0.1, 0.15) is 73.1 Å². The first-order valence-electron chi connectivity index (χ1n) is 7.73. The number of carbonyl (C=O) groups is 1. The maximum absolute atomic E-state index is 12.2.